The van der Waals surface area contributed by atoms with Crippen LogP contribution in [0.3, 0.4) is 0 Å². The molecule has 1 N–H and O–H groups in total. The van der Waals surface area contributed by atoms with E-state index in [0.29, 0.717) is 19.6 Å². The maximum Gasteiger partial charge on any atom is 0.279 e. The van der Waals surface area contributed by atoms with Crippen LogP contribution in [0.5, 0.6) is 5.75 Å². The van der Waals surface area contributed by atoms with E-state index in [1.807, 2.05) is 12.1 Å². The first-order chi connectivity index (χ1) is 11.0. The first-order valence-corrected chi connectivity index (χ1v) is 9.59. The Bertz CT molecular complexity index is 567. The molecule has 1 aliphatic rings. The predicted molar refractivity (Wildman–Crippen MR) is 91.9 cm³/mol. The Balaban J connectivity index is 1.70. The lowest BCUT2D eigenvalue weighted by atomic mass is 10.1. The van der Waals surface area contributed by atoms with Gasteiger partial charge in [0.1, 0.15) is 5.75 Å². The molecule has 1 fully saturated rings. The molecular weight excluding hydrogens is 314 g/mol. The molecule has 1 heterocycles. The summed E-state index contributed by atoms with van der Waals surface area (Å²) in [4.78, 5) is 2.33. The Kier molecular flexibility index (Phi) is 6.83. The van der Waals surface area contributed by atoms with Crippen LogP contribution < -0.4 is 9.46 Å². The van der Waals surface area contributed by atoms with Gasteiger partial charge in [-0.15, -0.1) is 0 Å². The highest BCUT2D eigenvalue weighted by atomic mass is 32.2. The van der Waals surface area contributed by atoms with E-state index in [4.69, 9.17) is 4.74 Å². The predicted octanol–water partition coefficient (Wildman–Crippen LogP) is 1.10. The molecular formula is C16H27N3O3S. The van der Waals surface area contributed by atoms with Crippen LogP contribution in [0.15, 0.2) is 24.3 Å². The van der Waals surface area contributed by atoms with E-state index >= 15 is 0 Å². The third-order valence-corrected chi connectivity index (χ3v) is 5.80. The average Bonchev–Trinajstić information content (AvgIpc) is 2.56. The number of nitrogens with one attached hydrogen (secondary N) is 1. The van der Waals surface area contributed by atoms with Crippen molar-refractivity contribution in [2.75, 3.05) is 46.4 Å². The standard InChI is InChI=1S/C16H27N3O3S/c1-3-17-23(20,21)19-13-11-18(12-14-19)10-4-5-15-6-8-16(22-2)9-7-15/h6-9,17H,3-5,10-14H2,1-2H3. The molecule has 0 atom stereocenters. The number of rotatable bonds is 8. The number of aryl methyl sites for hydroxylation is 1. The van der Waals surface area contributed by atoms with Gasteiger partial charge in [0, 0.05) is 32.7 Å². The first-order valence-electron chi connectivity index (χ1n) is 8.15. The zero-order valence-corrected chi connectivity index (χ0v) is 14.8. The highest BCUT2D eigenvalue weighted by molar-refractivity contribution is 7.87. The molecule has 0 unspecified atom stereocenters. The summed E-state index contributed by atoms with van der Waals surface area (Å²) in [5.41, 5.74) is 1.30. The summed E-state index contributed by atoms with van der Waals surface area (Å²) in [5, 5.41) is 0. The topological polar surface area (TPSA) is 61.9 Å². The summed E-state index contributed by atoms with van der Waals surface area (Å²) >= 11 is 0. The molecule has 0 aromatic heterocycles. The van der Waals surface area contributed by atoms with Gasteiger partial charge in [-0.1, -0.05) is 19.1 Å². The number of ether oxygens (including phenoxy) is 1. The van der Waals surface area contributed by atoms with Gasteiger partial charge in [0.05, 0.1) is 7.11 Å². The summed E-state index contributed by atoms with van der Waals surface area (Å²) in [6, 6.07) is 8.17. The summed E-state index contributed by atoms with van der Waals surface area (Å²) in [7, 11) is -1.61. The number of hydrogen-bond acceptors (Lipinski definition) is 4. The van der Waals surface area contributed by atoms with Gasteiger partial charge in [-0.3, -0.25) is 0 Å². The van der Waals surface area contributed by atoms with Crippen LogP contribution in [0.25, 0.3) is 0 Å². The molecule has 1 aromatic rings. The second-order valence-corrected chi connectivity index (χ2v) is 7.45. The maximum absolute atomic E-state index is 11.9. The van der Waals surface area contributed by atoms with Gasteiger partial charge in [-0.05, 0) is 37.1 Å². The van der Waals surface area contributed by atoms with E-state index in [-0.39, 0.29) is 0 Å². The molecule has 1 aliphatic heterocycles. The van der Waals surface area contributed by atoms with Crippen LogP contribution in [-0.4, -0.2) is 64.0 Å². The molecule has 2 rings (SSSR count). The van der Waals surface area contributed by atoms with E-state index < -0.39 is 10.2 Å². The fourth-order valence-electron chi connectivity index (χ4n) is 2.77. The van der Waals surface area contributed by atoms with Crippen LogP contribution in [-0.2, 0) is 16.6 Å². The van der Waals surface area contributed by atoms with Crippen LogP contribution >= 0.6 is 0 Å². The number of methoxy groups -OCH3 is 1. The van der Waals surface area contributed by atoms with Crippen LogP contribution in [0.2, 0.25) is 0 Å². The minimum absolute atomic E-state index is 0.435. The van der Waals surface area contributed by atoms with Crippen molar-refractivity contribution in [2.24, 2.45) is 0 Å². The summed E-state index contributed by atoms with van der Waals surface area (Å²) in [6.45, 7) is 5.97. The Hall–Kier alpha value is -1.15. The second-order valence-electron chi connectivity index (χ2n) is 5.70. The smallest absolute Gasteiger partial charge is 0.279 e. The minimum Gasteiger partial charge on any atom is -0.497 e. The lowest BCUT2D eigenvalue weighted by molar-refractivity contribution is 0.186. The van der Waals surface area contributed by atoms with Gasteiger partial charge in [0.15, 0.2) is 0 Å². The number of hydrogen-bond donors (Lipinski definition) is 1. The monoisotopic (exact) mass is 341 g/mol. The Labute approximate surface area is 139 Å². The molecule has 23 heavy (non-hydrogen) atoms. The molecule has 0 spiro atoms. The minimum atomic E-state index is -3.28. The third-order valence-electron chi connectivity index (χ3n) is 4.10. The largest absolute Gasteiger partial charge is 0.497 e. The molecule has 6 nitrogen and oxygen atoms in total. The molecule has 0 radical (unpaired) electrons. The van der Waals surface area contributed by atoms with E-state index in [0.717, 1.165) is 38.2 Å². The van der Waals surface area contributed by atoms with Crippen LogP contribution in [0.1, 0.15) is 18.9 Å². The van der Waals surface area contributed by atoms with Gasteiger partial charge < -0.3 is 9.64 Å². The number of benzene rings is 1. The Morgan fingerprint density at radius 3 is 2.35 bits per heavy atom. The van der Waals surface area contributed by atoms with E-state index in [1.54, 1.807) is 14.0 Å². The lowest BCUT2D eigenvalue weighted by Crippen LogP contribution is -2.52. The number of piperazine rings is 1. The van der Waals surface area contributed by atoms with Crippen molar-refractivity contribution in [3.63, 3.8) is 0 Å². The zero-order chi connectivity index (χ0) is 16.7. The molecule has 7 heteroatoms. The molecule has 130 valence electrons. The second kappa shape index (κ2) is 8.63. The summed E-state index contributed by atoms with van der Waals surface area (Å²) in [6.07, 6.45) is 2.10. The van der Waals surface area contributed by atoms with E-state index in [1.165, 1.54) is 9.87 Å². The van der Waals surface area contributed by atoms with Gasteiger partial charge in [-0.25, -0.2) is 4.72 Å². The van der Waals surface area contributed by atoms with Crippen LogP contribution in [0.4, 0.5) is 0 Å². The molecule has 0 saturated carbocycles. The van der Waals surface area contributed by atoms with Gasteiger partial charge in [-0.2, -0.15) is 12.7 Å². The van der Waals surface area contributed by atoms with Crippen molar-refractivity contribution in [3.05, 3.63) is 29.8 Å². The van der Waals surface area contributed by atoms with E-state index in [9.17, 15) is 8.42 Å². The highest BCUT2D eigenvalue weighted by Crippen LogP contribution is 2.13. The van der Waals surface area contributed by atoms with Crippen molar-refractivity contribution >= 4 is 10.2 Å². The SMILES string of the molecule is CCNS(=O)(=O)N1CCN(CCCc2ccc(OC)cc2)CC1. The molecule has 0 amide bonds. The highest BCUT2D eigenvalue weighted by Gasteiger charge is 2.25. The molecule has 0 bridgehead atoms. The van der Waals surface area contributed by atoms with Crippen LogP contribution in [0, 0.1) is 0 Å². The van der Waals surface area contributed by atoms with E-state index in [2.05, 4.69) is 21.8 Å². The van der Waals surface area contributed by atoms with Crippen molar-refractivity contribution in [3.8, 4) is 5.75 Å². The molecule has 0 aliphatic carbocycles. The van der Waals surface area contributed by atoms with Crippen molar-refractivity contribution in [1.29, 1.82) is 0 Å². The molecule has 1 saturated heterocycles. The fraction of sp³-hybridized carbons (Fsp3) is 0.625. The Morgan fingerprint density at radius 2 is 1.78 bits per heavy atom. The van der Waals surface area contributed by atoms with Gasteiger partial charge in [0.25, 0.3) is 10.2 Å². The fourth-order valence-corrected chi connectivity index (χ4v) is 3.96. The van der Waals surface area contributed by atoms with Gasteiger partial charge in [0.2, 0.25) is 0 Å². The molecule has 1 aromatic carbocycles. The average molecular weight is 341 g/mol. The normalized spacial score (nSPS) is 17.3. The maximum atomic E-state index is 11.9. The van der Waals surface area contributed by atoms with Crippen molar-refractivity contribution < 1.29 is 13.2 Å². The Morgan fingerprint density at radius 1 is 1.13 bits per heavy atom. The third kappa shape index (κ3) is 5.46. The zero-order valence-electron chi connectivity index (χ0n) is 14.0. The summed E-state index contributed by atoms with van der Waals surface area (Å²) in [5.74, 6) is 0.881. The van der Waals surface area contributed by atoms with Crippen molar-refractivity contribution in [2.45, 2.75) is 19.8 Å². The van der Waals surface area contributed by atoms with Crippen molar-refractivity contribution in [1.82, 2.24) is 13.9 Å². The lowest BCUT2D eigenvalue weighted by Gasteiger charge is -2.33. The number of nitrogens with zero attached hydrogens (tertiary/aromatic N) is 2. The quantitative estimate of drug-likeness (QED) is 0.769. The van der Waals surface area contributed by atoms with Gasteiger partial charge >= 0.3 is 0 Å². The summed E-state index contributed by atoms with van der Waals surface area (Å²) < 4.78 is 33.1. The first kappa shape index (κ1) is 18.2.